The van der Waals surface area contributed by atoms with Crippen LogP contribution in [0.25, 0.3) is 0 Å². The fourth-order valence-corrected chi connectivity index (χ4v) is 3.34. The van der Waals surface area contributed by atoms with E-state index in [1.165, 1.54) is 32.1 Å². The monoisotopic (exact) mass is 374 g/mol. The van der Waals surface area contributed by atoms with Gasteiger partial charge in [-0.2, -0.15) is 0 Å². The number of aliphatic hydroxyl groups excluding tert-OH is 1. The van der Waals surface area contributed by atoms with Crippen molar-refractivity contribution in [2.24, 2.45) is 11.7 Å². The maximum Gasteiger partial charge on any atom is 0.250 e. The van der Waals surface area contributed by atoms with E-state index in [-0.39, 0.29) is 18.3 Å². The van der Waals surface area contributed by atoms with Crippen LogP contribution in [-0.4, -0.2) is 29.7 Å². The summed E-state index contributed by atoms with van der Waals surface area (Å²) in [6.45, 7) is 0.480. The molecule has 1 aromatic carbocycles. The maximum absolute atomic E-state index is 12.0. The lowest BCUT2D eigenvalue weighted by molar-refractivity contribution is -0.130. The number of aliphatic hydroxyl groups is 1. The summed E-state index contributed by atoms with van der Waals surface area (Å²) in [4.78, 5) is 12.0. The van der Waals surface area contributed by atoms with Crippen LogP contribution >= 0.6 is 24.0 Å². The number of benzene rings is 1. The second kappa shape index (κ2) is 10.9. The van der Waals surface area contributed by atoms with Gasteiger partial charge in [0.05, 0.1) is 0 Å². The van der Waals surface area contributed by atoms with Crippen molar-refractivity contribution in [1.82, 2.24) is 5.32 Å². The molecule has 2 rings (SSSR count). The number of nitrogens with one attached hydrogen (secondary N) is 1. The number of carbonyl (C=O) groups is 1. The second-order valence-corrected chi connectivity index (χ2v) is 6.95. The Morgan fingerprint density at radius 1 is 1.25 bits per heavy atom. The SMILES string of the molecule is Cl.N[C@H](CC1CCCCC1)C(O)C(=O)NCCc1ccc(Cl)cc1. The summed E-state index contributed by atoms with van der Waals surface area (Å²) in [6.07, 6.45) is 6.40. The third kappa shape index (κ3) is 6.98. The highest BCUT2D eigenvalue weighted by Crippen LogP contribution is 2.27. The van der Waals surface area contributed by atoms with Gasteiger partial charge in [-0.3, -0.25) is 4.79 Å². The summed E-state index contributed by atoms with van der Waals surface area (Å²) in [5.74, 6) is 0.178. The predicted molar refractivity (Wildman–Crippen MR) is 101 cm³/mol. The molecule has 1 aliphatic carbocycles. The molecule has 1 aromatic rings. The molecule has 1 aliphatic rings. The first-order valence-electron chi connectivity index (χ1n) is 8.52. The van der Waals surface area contributed by atoms with Crippen LogP contribution in [0.1, 0.15) is 44.1 Å². The summed E-state index contributed by atoms with van der Waals surface area (Å²) < 4.78 is 0. The van der Waals surface area contributed by atoms with E-state index < -0.39 is 12.1 Å². The quantitative estimate of drug-likeness (QED) is 0.686. The van der Waals surface area contributed by atoms with Gasteiger partial charge in [-0.1, -0.05) is 55.8 Å². The summed E-state index contributed by atoms with van der Waals surface area (Å²) in [5, 5.41) is 13.6. The Kier molecular flexibility index (Phi) is 9.67. The van der Waals surface area contributed by atoms with Gasteiger partial charge in [0.2, 0.25) is 5.91 Å². The molecule has 4 nitrogen and oxygen atoms in total. The molecule has 1 amide bonds. The molecule has 24 heavy (non-hydrogen) atoms. The van der Waals surface area contributed by atoms with Crippen molar-refractivity contribution in [3.8, 4) is 0 Å². The number of amides is 1. The molecule has 0 bridgehead atoms. The van der Waals surface area contributed by atoms with Crippen LogP contribution in [0, 0.1) is 5.92 Å². The van der Waals surface area contributed by atoms with Gasteiger partial charge in [0, 0.05) is 17.6 Å². The van der Waals surface area contributed by atoms with Crippen LogP contribution in [0.15, 0.2) is 24.3 Å². The first kappa shape index (κ1) is 21.2. The van der Waals surface area contributed by atoms with Gasteiger partial charge >= 0.3 is 0 Å². The molecule has 0 saturated heterocycles. The molecule has 1 saturated carbocycles. The largest absolute Gasteiger partial charge is 0.382 e. The molecule has 2 atom stereocenters. The highest BCUT2D eigenvalue weighted by molar-refractivity contribution is 6.30. The zero-order chi connectivity index (χ0) is 16.7. The topological polar surface area (TPSA) is 75.3 Å². The Balaban J connectivity index is 0.00000288. The van der Waals surface area contributed by atoms with Gasteiger partial charge in [0.1, 0.15) is 6.10 Å². The van der Waals surface area contributed by atoms with Gasteiger partial charge in [0.25, 0.3) is 0 Å². The van der Waals surface area contributed by atoms with E-state index in [1.54, 1.807) is 0 Å². The Hall–Kier alpha value is -0.810. The third-order valence-electron chi connectivity index (χ3n) is 4.63. The molecule has 0 radical (unpaired) electrons. The van der Waals surface area contributed by atoms with Crippen LogP contribution < -0.4 is 11.1 Å². The molecule has 1 unspecified atom stereocenters. The minimum absolute atomic E-state index is 0. The van der Waals surface area contributed by atoms with Crippen molar-refractivity contribution in [3.05, 3.63) is 34.9 Å². The Labute approximate surface area is 155 Å². The van der Waals surface area contributed by atoms with Crippen molar-refractivity contribution in [3.63, 3.8) is 0 Å². The molecule has 0 aliphatic heterocycles. The Morgan fingerprint density at radius 2 is 1.88 bits per heavy atom. The minimum atomic E-state index is -1.12. The van der Waals surface area contributed by atoms with Crippen LogP contribution in [0.2, 0.25) is 5.02 Å². The lowest BCUT2D eigenvalue weighted by atomic mass is 9.84. The first-order chi connectivity index (χ1) is 11.1. The number of halogens is 2. The van der Waals surface area contributed by atoms with E-state index in [2.05, 4.69) is 5.32 Å². The molecular weight excluding hydrogens is 347 g/mol. The normalized spacial score (nSPS) is 17.6. The highest BCUT2D eigenvalue weighted by atomic mass is 35.5. The number of nitrogens with two attached hydrogens (primary N) is 1. The van der Waals surface area contributed by atoms with Gasteiger partial charge < -0.3 is 16.2 Å². The molecule has 1 fully saturated rings. The van der Waals surface area contributed by atoms with E-state index in [1.807, 2.05) is 24.3 Å². The molecule has 0 spiro atoms. The smallest absolute Gasteiger partial charge is 0.250 e. The van der Waals surface area contributed by atoms with E-state index in [9.17, 15) is 9.90 Å². The van der Waals surface area contributed by atoms with Crippen molar-refractivity contribution in [1.29, 1.82) is 0 Å². The molecular formula is C18H28Cl2N2O2. The van der Waals surface area contributed by atoms with Crippen LogP contribution in [0.5, 0.6) is 0 Å². The van der Waals surface area contributed by atoms with Crippen molar-refractivity contribution >= 4 is 29.9 Å². The Bertz CT molecular complexity index is 490. The third-order valence-corrected chi connectivity index (χ3v) is 4.88. The van der Waals surface area contributed by atoms with Gasteiger partial charge in [0.15, 0.2) is 0 Å². The fourth-order valence-electron chi connectivity index (χ4n) is 3.22. The van der Waals surface area contributed by atoms with E-state index in [0.717, 1.165) is 12.0 Å². The average molecular weight is 375 g/mol. The summed E-state index contributed by atoms with van der Waals surface area (Å²) in [7, 11) is 0. The molecule has 0 heterocycles. The minimum Gasteiger partial charge on any atom is -0.382 e. The van der Waals surface area contributed by atoms with Crippen LogP contribution in [0.4, 0.5) is 0 Å². The molecule has 136 valence electrons. The van der Waals surface area contributed by atoms with E-state index >= 15 is 0 Å². The number of hydrogen-bond acceptors (Lipinski definition) is 3. The lowest BCUT2D eigenvalue weighted by Gasteiger charge is -2.26. The van der Waals surface area contributed by atoms with Crippen LogP contribution in [-0.2, 0) is 11.2 Å². The van der Waals surface area contributed by atoms with Crippen molar-refractivity contribution in [2.75, 3.05) is 6.54 Å². The summed E-state index contributed by atoms with van der Waals surface area (Å²) >= 11 is 5.84. The van der Waals surface area contributed by atoms with Gasteiger partial charge in [-0.05, 0) is 36.5 Å². The van der Waals surface area contributed by atoms with Gasteiger partial charge in [-0.15, -0.1) is 12.4 Å². The predicted octanol–water partition coefficient (Wildman–Crippen LogP) is 3.08. The molecule has 0 aromatic heterocycles. The zero-order valence-electron chi connectivity index (χ0n) is 13.9. The van der Waals surface area contributed by atoms with Gasteiger partial charge in [-0.25, -0.2) is 0 Å². The maximum atomic E-state index is 12.0. The first-order valence-corrected chi connectivity index (χ1v) is 8.90. The van der Waals surface area contributed by atoms with E-state index in [0.29, 0.717) is 23.9 Å². The molecule has 6 heteroatoms. The average Bonchev–Trinajstić information content (AvgIpc) is 2.56. The standard InChI is InChI=1S/C18H27ClN2O2.ClH/c19-15-8-6-13(7-9-15)10-11-21-18(23)17(22)16(20)12-14-4-2-1-3-5-14;/h6-9,14,16-17,22H,1-5,10-12,20H2,(H,21,23);1H/t16-,17?;/m1./s1. The van der Waals surface area contributed by atoms with Crippen LogP contribution in [0.3, 0.4) is 0 Å². The molecule has 4 N–H and O–H groups in total. The van der Waals surface area contributed by atoms with E-state index in [4.69, 9.17) is 17.3 Å². The number of rotatable bonds is 7. The fraction of sp³-hybridized carbons (Fsp3) is 0.611. The summed E-state index contributed by atoms with van der Waals surface area (Å²) in [5.41, 5.74) is 7.12. The Morgan fingerprint density at radius 3 is 2.50 bits per heavy atom. The zero-order valence-corrected chi connectivity index (χ0v) is 15.5. The number of hydrogen-bond donors (Lipinski definition) is 3. The number of carbonyl (C=O) groups excluding carboxylic acids is 1. The highest BCUT2D eigenvalue weighted by Gasteiger charge is 2.26. The second-order valence-electron chi connectivity index (χ2n) is 6.52. The van der Waals surface area contributed by atoms with Crippen molar-refractivity contribution < 1.29 is 9.90 Å². The summed E-state index contributed by atoms with van der Waals surface area (Å²) in [6, 6.07) is 7.04. The van der Waals surface area contributed by atoms with Crippen molar-refractivity contribution in [2.45, 2.75) is 57.1 Å². The lowest BCUT2D eigenvalue weighted by Crippen LogP contribution is -2.47.